The zero-order valence-corrected chi connectivity index (χ0v) is 17.8. The van der Waals surface area contributed by atoms with E-state index in [4.69, 9.17) is 4.42 Å². The minimum absolute atomic E-state index is 0.0160. The summed E-state index contributed by atoms with van der Waals surface area (Å²) in [7, 11) is 0. The summed E-state index contributed by atoms with van der Waals surface area (Å²) in [6, 6.07) is 16.6. The largest absolute Gasteiger partial charge is 0.419 e. The van der Waals surface area contributed by atoms with Crippen molar-refractivity contribution in [2.75, 3.05) is 5.32 Å². The first-order chi connectivity index (χ1) is 14.9. The molecular formula is C24H24N4O3. The maximum Gasteiger partial charge on any atom is 0.264 e. The Morgan fingerprint density at radius 1 is 1.06 bits per heavy atom. The van der Waals surface area contributed by atoms with Crippen molar-refractivity contribution in [3.63, 3.8) is 0 Å². The molecule has 0 unspecified atom stereocenters. The Balaban J connectivity index is 1.61. The fraction of sp³-hybridized carbons (Fsp3) is 0.250. The number of anilines is 1. The van der Waals surface area contributed by atoms with Gasteiger partial charge in [-0.25, -0.2) is 0 Å². The van der Waals surface area contributed by atoms with E-state index in [1.165, 1.54) is 6.92 Å². The molecule has 4 rings (SSSR count). The maximum atomic E-state index is 12.8. The Labute approximate surface area is 180 Å². The highest BCUT2D eigenvalue weighted by Gasteiger charge is 2.18. The van der Waals surface area contributed by atoms with Gasteiger partial charge in [-0.05, 0) is 49.2 Å². The molecule has 2 aromatic heterocycles. The lowest BCUT2D eigenvalue weighted by atomic mass is 10.1. The molecule has 0 aliphatic rings. The number of nitrogens with one attached hydrogen (secondary N) is 1. The van der Waals surface area contributed by atoms with Crippen LogP contribution in [0.4, 0.5) is 5.69 Å². The molecule has 1 N–H and O–H groups in total. The van der Waals surface area contributed by atoms with E-state index in [-0.39, 0.29) is 18.2 Å². The number of ketones is 1. The van der Waals surface area contributed by atoms with Gasteiger partial charge < -0.3 is 14.3 Å². The zero-order valence-electron chi connectivity index (χ0n) is 17.8. The zero-order chi connectivity index (χ0) is 22.0. The van der Waals surface area contributed by atoms with Crippen molar-refractivity contribution in [1.82, 2.24) is 14.8 Å². The highest BCUT2D eigenvalue weighted by molar-refractivity contribution is 5.96. The molecule has 2 heterocycles. The molecule has 7 heteroatoms. The lowest BCUT2D eigenvalue weighted by molar-refractivity contribution is -0.116. The van der Waals surface area contributed by atoms with Gasteiger partial charge in [0.25, 0.3) is 5.89 Å². The van der Waals surface area contributed by atoms with Gasteiger partial charge >= 0.3 is 0 Å². The second-order valence-corrected chi connectivity index (χ2v) is 7.96. The van der Waals surface area contributed by atoms with Crippen molar-refractivity contribution in [3.8, 4) is 11.6 Å². The average molecular weight is 416 g/mol. The van der Waals surface area contributed by atoms with E-state index in [0.717, 1.165) is 10.9 Å². The standard InChI is InChI=1S/C24H24N4O3/c1-15(2)12-23-26-27-24(31-23)21-13-18-6-4-5-7-20(18)28(21)14-22(30)25-19-10-8-17(9-11-19)16(3)29/h4-11,13,15H,12,14H2,1-3H3,(H,25,30). The highest BCUT2D eigenvalue weighted by Crippen LogP contribution is 2.28. The quantitative estimate of drug-likeness (QED) is 0.440. The van der Waals surface area contributed by atoms with Crippen LogP contribution in [-0.2, 0) is 17.8 Å². The molecule has 0 fully saturated rings. The smallest absolute Gasteiger partial charge is 0.264 e. The molecule has 0 spiro atoms. The van der Waals surface area contributed by atoms with Gasteiger partial charge in [-0.15, -0.1) is 10.2 Å². The molecule has 0 saturated heterocycles. The first-order valence-corrected chi connectivity index (χ1v) is 10.2. The van der Waals surface area contributed by atoms with Crippen molar-refractivity contribution >= 4 is 28.3 Å². The third-order valence-electron chi connectivity index (χ3n) is 4.96. The number of hydrogen-bond donors (Lipinski definition) is 1. The number of carbonyl (C=O) groups excluding carboxylic acids is 2. The predicted molar refractivity (Wildman–Crippen MR) is 119 cm³/mol. The van der Waals surface area contributed by atoms with E-state index in [0.29, 0.717) is 41.1 Å². The van der Waals surface area contributed by atoms with E-state index in [2.05, 4.69) is 29.4 Å². The second kappa shape index (κ2) is 8.55. The summed E-state index contributed by atoms with van der Waals surface area (Å²) in [6.07, 6.45) is 0.698. The third kappa shape index (κ3) is 4.55. The molecule has 1 amide bonds. The topological polar surface area (TPSA) is 90.0 Å². The van der Waals surface area contributed by atoms with Gasteiger partial charge in [-0.1, -0.05) is 32.0 Å². The number of carbonyl (C=O) groups is 2. The normalized spacial score (nSPS) is 11.2. The van der Waals surface area contributed by atoms with Gasteiger partial charge in [0.05, 0.1) is 0 Å². The summed E-state index contributed by atoms with van der Waals surface area (Å²) < 4.78 is 7.76. The first kappa shape index (κ1) is 20.5. The van der Waals surface area contributed by atoms with Gasteiger partial charge in [-0.3, -0.25) is 9.59 Å². The number of hydrogen-bond acceptors (Lipinski definition) is 5. The number of rotatable bonds is 7. The maximum absolute atomic E-state index is 12.8. The van der Waals surface area contributed by atoms with E-state index < -0.39 is 0 Å². The van der Waals surface area contributed by atoms with Crippen molar-refractivity contribution in [3.05, 3.63) is 66.1 Å². The predicted octanol–water partition coefficient (Wildman–Crippen LogP) is 4.73. The van der Waals surface area contributed by atoms with E-state index in [1.807, 2.05) is 34.9 Å². The SMILES string of the molecule is CC(=O)c1ccc(NC(=O)Cn2c(-c3nnc(CC(C)C)o3)cc3ccccc32)cc1. The minimum Gasteiger partial charge on any atom is -0.419 e. The lowest BCUT2D eigenvalue weighted by Gasteiger charge is -2.10. The van der Waals surface area contributed by atoms with Crippen LogP contribution in [-0.4, -0.2) is 26.5 Å². The third-order valence-corrected chi connectivity index (χ3v) is 4.96. The van der Waals surface area contributed by atoms with Crippen LogP contribution in [0.3, 0.4) is 0 Å². The van der Waals surface area contributed by atoms with E-state index in [9.17, 15) is 9.59 Å². The Hall–Kier alpha value is -3.74. The number of nitrogens with zero attached hydrogens (tertiary/aromatic N) is 3. The van der Waals surface area contributed by atoms with Crippen LogP contribution in [0.5, 0.6) is 0 Å². The molecule has 0 radical (unpaired) electrons. The molecule has 4 aromatic rings. The van der Waals surface area contributed by atoms with Crippen LogP contribution in [0.25, 0.3) is 22.5 Å². The van der Waals surface area contributed by atoms with Gasteiger partial charge in [0, 0.05) is 28.6 Å². The first-order valence-electron chi connectivity index (χ1n) is 10.2. The highest BCUT2D eigenvalue weighted by atomic mass is 16.4. The lowest BCUT2D eigenvalue weighted by Crippen LogP contribution is -2.19. The van der Waals surface area contributed by atoms with Crippen molar-refractivity contribution in [1.29, 1.82) is 0 Å². The fourth-order valence-corrected chi connectivity index (χ4v) is 3.48. The number of Topliss-reactive ketones (excluding diaryl/α,β-unsaturated/α-hetero) is 1. The van der Waals surface area contributed by atoms with Gasteiger partial charge in [-0.2, -0.15) is 0 Å². The van der Waals surface area contributed by atoms with Crippen LogP contribution < -0.4 is 5.32 Å². The summed E-state index contributed by atoms with van der Waals surface area (Å²) in [6.45, 7) is 5.78. The Kier molecular flexibility index (Phi) is 5.66. The molecular weight excluding hydrogens is 392 g/mol. The second-order valence-electron chi connectivity index (χ2n) is 7.96. The van der Waals surface area contributed by atoms with Crippen LogP contribution >= 0.6 is 0 Å². The van der Waals surface area contributed by atoms with Crippen LogP contribution in [0.2, 0.25) is 0 Å². The monoisotopic (exact) mass is 416 g/mol. The molecule has 158 valence electrons. The summed E-state index contributed by atoms with van der Waals surface area (Å²) in [5, 5.41) is 12.2. The summed E-state index contributed by atoms with van der Waals surface area (Å²) >= 11 is 0. The Bertz CT molecular complexity index is 1240. The molecule has 2 aromatic carbocycles. The summed E-state index contributed by atoms with van der Waals surface area (Å²) in [5.74, 6) is 1.17. The van der Waals surface area contributed by atoms with Gasteiger partial charge in [0.15, 0.2) is 5.78 Å². The number of fused-ring (bicyclic) bond motifs is 1. The Morgan fingerprint density at radius 2 is 1.81 bits per heavy atom. The van der Waals surface area contributed by atoms with Crippen molar-refractivity contribution < 1.29 is 14.0 Å². The van der Waals surface area contributed by atoms with E-state index in [1.54, 1.807) is 24.3 Å². The van der Waals surface area contributed by atoms with Crippen LogP contribution in [0.15, 0.2) is 59.0 Å². The number of para-hydroxylation sites is 1. The van der Waals surface area contributed by atoms with Gasteiger partial charge in [0.1, 0.15) is 12.2 Å². The molecule has 0 aliphatic carbocycles. The molecule has 0 atom stereocenters. The minimum atomic E-state index is -0.194. The number of amides is 1. The molecule has 0 saturated carbocycles. The molecule has 0 aliphatic heterocycles. The summed E-state index contributed by atoms with van der Waals surface area (Å²) in [5.41, 5.74) is 2.84. The van der Waals surface area contributed by atoms with Crippen molar-refractivity contribution in [2.24, 2.45) is 5.92 Å². The number of aromatic nitrogens is 3. The van der Waals surface area contributed by atoms with E-state index >= 15 is 0 Å². The fourth-order valence-electron chi connectivity index (χ4n) is 3.48. The molecule has 7 nitrogen and oxygen atoms in total. The van der Waals surface area contributed by atoms with Gasteiger partial charge in [0.2, 0.25) is 11.8 Å². The van der Waals surface area contributed by atoms with Crippen LogP contribution in [0, 0.1) is 5.92 Å². The number of benzene rings is 2. The van der Waals surface area contributed by atoms with Crippen LogP contribution in [0.1, 0.15) is 37.0 Å². The Morgan fingerprint density at radius 3 is 2.52 bits per heavy atom. The average Bonchev–Trinajstić information content (AvgIpc) is 3.32. The summed E-state index contributed by atoms with van der Waals surface area (Å²) in [4.78, 5) is 24.2. The molecule has 0 bridgehead atoms. The van der Waals surface area contributed by atoms with Crippen molar-refractivity contribution in [2.45, 2.75) is 33.7 Å². The molecule has 31 heavy (non-hydrogen) atoms.